The number of ether oxygens (including phenoxy) is 2. The van der Waals surface area contributed by atoms with Gasteiger partial charge in [0.25, 0.3) is 5.91 Å². The number of benzene rings is 2. The van der Waals surface area contributed by atoms with Gasteiger partial charge in [-0.3, -0.25) is 4.79 Å². The second-order valence-electron chi connectivity index (χ2n) is 5.16. The van der Waals surface area contributed by atoms with Crippen LogP contribution in [0.5, 0.6) is 5.75 Å². The van der Waals surface area contributed by atoms with Crippen molar-refractivity contribution in [3.8, 4) is 11.8 Å². The monoisotopic (exact) mass is 338 g/mol. The normalized spacial score (nSPS) is 11.1. The number of carbonyl (C=O) groups is 2. The quantitative estimate of drug-likeness (QED) is 0.818. The third-order valence-corrected chi connectivity index (χ3v) is 3.31. The molecule has 0 saturated carbocycles. The lowest BCUT2D eigenvalue weighted by Gasteiger charge is -2.16. The van der Waals surface area contributed by atoms with Gasteiger partial charge in [0, 0.05) is 5.69 Å². The van der Waals surface area contributed by atoms with Gasteiger partial charge in [-0.1, -0.05) is 18.2 Å². The molecule has 0 fully saturated rings. The van der Waals surface area contributed by atoms with Crippen LogP contribution in [0.25, 0.3) is 0 Å². The zero-order chi connectivity index (χ0) is 18.2. The van der Waals surface area contributed by atoms with Gasteiger partial charge in [-0.25, -0.2) is 4.79 Å². The second kappa shape index (κ2) is 8.50. The lowest BCUT2D eigenvalue weighted by molar-refractivity contribution is -0.122. The lowest BCUT2D eigenvalue weighted by Crippen LogP contribution is -2.30. The highest BCUT2D eigenvalue weighted by Gasteiger charge is 2.19. The Labute approximate surface area is 146 Å². The molecule has 2 aromatic rings. The predicted molar refractivity (Wildman–Crippen MR) is 92.3 cm³/mol. The summed E-state index contributed by atoms with van der Waals surface area (Å²) in [5.41, 5.74) is 1.20. The Kier molecular flexibility index (Phi) is 6.13. The molecule has 0 aliphatic carbocycles. The number of hydrogen-bond donors (Lipinski definition) is 1. The zero-order valence-corrected chi connectivity index (χ0v) is 14.0. The van der Waals surface area contributed by atoms with Crippen molar-refractivity contribution in [2.24, 2.45) is 0 Å². The van der Waals surface area contributed by atoms with Gasteiger partial charge >= 0.3 is 5.97 Å². The van der Waals surface area contributed by atoms with Gasteiger partial charge in [0.2, 0.25) is 0 Å². The maximum absolute atomic E-state index is 12.3. The van der Waals surface area contributed by atoms with E-state index in [1.54, 1.807) is 62.4 Å². The van der Waals surface area contributed by atoms with Crippen LogP contribution in [-0.2, 0) is 9.53 Å². The molecule has 0 aliphatic rings. The van der Waals surface area contributed by atoms with Gasteiger partial charge in [-0.15, -0.1) is 0 Å². The summed E-state index contributed by atoms with van der Waals surface area (Å²) in [5.74, 6) is -0.629. The number of para-hydroxylation sites is 1. The average molecular weight is 338 g/mol. The van der Waals surface area contributed by atoms with Crippen molar-refractivity contribution in [1.29, 1.82) is 5.26 Å². The number of nitriles is 1. The number of amides is 1. The Hall–Kier alpha value is -3.33. The third-order valence-electron chi connectivity index (χ3n) is 3.31. The van der Waals surface area contributed by atoms with Crippen LogP contribution in [0.3, 0.4) is 0 Å². The van der Waals surface area contributed by atoms with E-state index in [2.05, 4.69) is 5.32 Å². The molecule has 0 unspecified atom stereocenters. The van der Waals surface area contributed by atoms with E-state index in [1.807, 2.05) is 6.07 Å². The first-order valence-electron chi connectivity index (χ1n) is 7.79. The van der Waals surface area contributed by atoms with Crippen molar-refractivity contribution in [1.82, 2.24) is 0 Å². The van der Waals surface area contributed by atoms with Gasteiger partial charge < -0.3 is 14.8 Å². The highest BCUT2D eigenvalue weighted by Crippen LogP contribution is 2.21. The number of nitrogens with one attached hydrogen (secondary N) is 1. The summed E-state index contributed by atoms with van der Waals surface area (Å²) >= 11 is 0. The van der Waals surface area contributed by atoms with Crippen LogP contribution in [0, 0.1) is 11.3 Å². The molecule has 0 aliphatic heterocycles. The fourth-order valence-electron chi connectivity index (χ4n) is 2.10. The van der Waals surface area contributed by atoms with Crippen molar-refractivity contribution < 1.29 is 19.1 Å². The first kappa shape index (κ1) is 18.0. The molecule has 0 radical (unpaired) electrons. The molecule has 0 bridgehead atoms. The summed E-state index contributed by atoms with van der Waals surface area (Å²) in [4.78, 5) is 24.2. The molecular formula is C19H18N2O4. The molecule has 128 valence electrons. The van der Waals surface area contributed by atoms with Crippen LogP contribution < -0.4 is 10.1 Å². The van der Waals surface area contributed by atoms with Crippen molar-refractivity contribution in [2.75, 3.05) is 11.9 Å². The van der Waals surface area contributed by atoms with Crippen molar-refractivity contribution in [3.63, 3.8) is 0 Å². The third kappa shape index (κ3) is 4.82. The number of hydrogen-bond acceptors (Lipinski definition) is 5. The molecule has 0 aromatic heterocycles. The number of carbonyl (C=O) groups excluding carboxylic acids is 2. The van der Waals surface area contributed by atoms with E-state index in [0.717, 1.165) is 0 Å². The van der Waals surface area contributed by atoms with Crippen molar-refractivity contribution in [2.45, 2.75) is 20.0 Å². The Morgan fingerprint density at radius 2 is 1.96 bits per heavy atom. The van der Waals surface area contributed by atoms with E-state index in [4.69, 9.17) is 14.7 Å². The highest BCUT2D eigenvalue weighted by atomic mass is 16.5. The van der Waals surface area contributed by atoms with E-state index < -0.39 is 18.0 Å². The molecule has 1 amide bonds. The minimum Gasteiger partial charge on any atom is -0.480 e. The number of rotatable bonds is 6. The number of nitrogens with zero attached hydrogens (tertiary/aromatic N) is 1. The molecular weight excluding hydrogens is 320 g/mol. The van der Waals surface area contributed by atoms with E-state index in [0.29, 0.717) is 11.3 Å². The summed E-state index contributed by atoms with van der Waals surface area (Å²) in [6, 6.07) is 15.2. The van der Waals surface area contributed by atoms with Crippen LogP contribution >= 0.6 is 0 Å². The molecule has 1 atom stereocenters. The highest BCUT2D eigenvalue weighted by molar-refractivity contribution is 5.95. The first-order valence-corrected chi connectivity index (χ1v) is 7.79. The standard InChI is InChI=1S/C19H18N2O4/c1-3-24-19(23)16-9-4-5-10-17(16)25-13(2)18(22)21-15-8-6-7-14(11-15)12-20/h4-11,13H,3H2,1-2H3,(H,21,22)/t13-/m1/s1. The van der Waals surface area contributed by atoms with Gasteiger partial charge in [-0.2, -0.15) is 5.26 Å². The molecule has 0 spiro atoms. The maximum Gasteiger partial charge on any atom is 0.341 e. The SMILES string of the molecule is CCOC(=O)c1ccccc1O[C@H](C)C(=O)Nc1cccc(C#N)c1. The molecule has 25 heavy (non-hydrogen) atoms. The van der Waals surface area contributed by atoms with Gasteiger partial charge in [0.15, 0.2) is 6.10 Å². The summed E-state index contributed by atoms with van der Waals surface area (Å²) in [7, 11) is 0. The predicted octanol–water partition coefficient (Wildman–Crippen LogP) is 3.14. The zero-order valence-electron chi connectivity index (χ0n) is 14.0. The Morgan fingerprint density at radius 1 is 1.20 bits per heavy atom. The first-order chi connectivity index (χ1) is 12.0. The fourth-order valence-corrected chi connectivity index (χ4v) is 2.10. The Morgan fingerprint density at radius 3 is 2.68 bits per heavy atom. The fraction of sp³-hybridized carbons (Fsp3) is 0.211. The van der Waals surface area contributed by atoms with E-state index >= 15 is 0 Å². The Bertz CT molecular complexity index is 811. The molecule has 0 heterocycles. The molecule has 2 rings (SSSR count). The molecule has 0 saturated heterocycles. The average Bonchev–Trinajstić information content (AvgIpc) is 2.62. The lowest BCUT2D eigenvalue weighted by atomic mass is 10.2. The van der Waals surface area contributed by atoms with Crippen LogP contribution in [0.2, 0.25) is 0 Å². The van der Waals surface area contributed by atoms with Crippen LogP contribution in [-0.4, -0.2) is 24.6 Å². The molecule has 6 heteroatoms. The molecule has 1 N–H and O–H groups in total. The maximum atomic E-state index is 12.3. The summed E-state index contributed by atoms with van der Waals surface area (Å²) in [6.07, 6.45) is -0.846. The summed E-state index contributed by atoms with van der Waals surface area (Å²) in [6.45, 7) is 3.54. The van der Waals surface area contributed by atoms with Crippen LogP contribution in [0.15, 0.2) is 48.5 Å². The van der Waals surface area contributed by atoms with Crippen LogP contribution in [0.1, 0.15) is 29.8 Å². The van der Waals surface area contributed by atoms with Crippen molar-refractivity contribution in [3.05, 3.63) is 59.7 Å². The Balaban J connectivity index is 2.09. The summed E-state index contributed by atoms with van der Waals surface area (Å²) in [5, 5.41) is 11.6. The molecule has 6 nitrogen and oxygen atoms in total. The topological polar surface area (TPSA) is 88.4 Å². The minimum atomic E-state index is -0.846. The molecule has 2 aromatic carbocycles. The summed E-state index contributed by atoms with van der Waals surface area (Å²) < 4.78 is 10.6. The largest absolute Gasteiger partial charge is 0.480 e. The van der Waals surface area contributed by atoms with E-state index in [9.17, 15) is 9.59 Å². The van der Waals surface area contributed by atoms with E-state index in [-0.39, 0.29) is 17.9 Å². The van der Waals surface area contributed by atoms with E-state index in [1.165, 1.54) is 0 Å². The van der Waals surface area contributed by atoms with Gasteiger partial charge in [0.1, 0.15) is 11.3 Å². The minimum absolute atomic E-state index is 0.248. The van der Waals surface area contributed by atoms with Gasteiger partial charge in [0.05, 0.1) is 18.2 Å². The second-order valence-corrected chi connectivity index (χ2v) is 5.16. The van der Waals surface area contributed by atoms with Crippen LogP contribution in [0.4, 0.5) is 5.69 Å². The van der Waals surface area contributed by atoms with Crippen molar-refractivity contribution >= 4 is 17.6 Å². The number of anilines is 1. The van der Waals surface area contributed by atoms with Gasteiger partial charge in [-0.05, 0) is 44.2 Å². The number of esters is 1. The smallest absolute Gasteiger partial charge is 0.341 e.